The summed E-state index contributed by atoms with van der Waals surface area (Å²) in [5.41, 5.74) is 1.45. The molecule has 0 bridgehead atoms. The fraction of sp³-hybridized carbons (Fsp3) is 0.542. The van der Waals surface area contributed by atoms with Crippen molar-refractivity contribution in [2.75, 3.05) is 5.32 Å². The lowest BCUT2D eigenvalue weighted by Crippen LogP contribution is -2.42. The maximum absolute atomic E-state index is 13.5. The molecule has 2 aliphatic rings. The zero-order chi connectivity index (χ0) is 25.3. The van der Waals surface area contributed by atoms with Crippen LogP contribution in [0.4, 0.5) is 11.7 Å². The van der Waals surface area contributed by atoms with Crippen LogP contribution in [0.3, 0.4) is 0 Å². The van der Waals surface area contributed by atoms with E-state index in [0.29, 0.717) is 16.5 Å². The molecule has 10 nitrogen and oxygen atoms in total. The normalized spacial score (nSPS) is 22.9. The highest BCUT2D eigenvalue weighted by molar-refractivity contribution is 7.93. The summed E-state index contributed by atoms with van der Waals surface area (Å²) in [5, 5.41) is 24.7. The molecule has 3 aromatic rings. The first kappa shape index (κ1) is 25.3. The highest BCUT2D eigenvalue weighted by atomic mass is 32.2. The summed E-state index contributed by atoms with van der Waals surface area (Å²) >= 11 is 1.61. The molecule has 5 rings (SSSR count). The average molecular weight is 533 g/mol. The topological polar surface area (TPSA) is 146 Å². The largest absolute Gasteiger partial charge is 0.411 e. The Morgan fingerprint density at radius 2 is 2.00 bits per heavy atom. The van der Waals surface area contributed by atoms with Crippen molar-refractivity contribution in [2.45, 2.75) is 87.0 Å². The van der Waals surface area contributed by atoms with Crippen LogP contribution in [0.2, 0.25) is 0 Å². The molecule has 2 saturated carbocycles. The molecule has 0 aliphatic heterocycles. The van der Waals surface area contributed by atoms with E-state index in [9.17, 15) is 9.32 Å². The lowest BCUT2D eigenvalue weighted by molar-refractivity contribution is -0.150. The number of aliphatic hydroxyl groups is 1. The number of hydrogen-bond donors (Lipinski definition) is 4. The van der Waals surface area contributed by atoms with E-state index in [4.69, 9.17) is 18.9 Å². The highest BCUT2D eigenvalue weighted by Gasteiger charge is 2.36. The first-order chi connectivity index (χ1) is 17.3. The van der Waals surface area contributed by atoms with Crippen LogP contribution in [0.5, 0.6) is 0 Å². The van der Waals surface area contributed by atoms with Crippen LogP contribution in [-0.4, -0.2) is 48.3 Å². The predicted molar refractivity (Wildman–Crippen MR) is 138 cm³/mol. The Hall–Kier alpha value is -2.38. The zero-order valence-corrected chi connectivity index (χ0v) is 22.0. The van der Waals surface area contributed by atoms with Gasteiger partial charge in [0.15, 0.2) is 0 Å². The van der Waals surface area contributed by atoms with Gasteiger partial charge in [0.05, 0.1) is 30.6 Å². The van der Waals surface area contributed by atoms with Gasteiger partial charge in [0, 0.05) is 34.7 Å². The van der Waals surface area contributed by atoms with Gasteiger partial charge in [-0.3, -0.25) is 5.32 Å². The minimum absolute atomic E-state index is 0.0375. The van der Waals surface area contributed by atoms with Gasteiger partial charge in [-0.2, -0.15) is 0 Å². The van der Waals surface area contributed by atoms with E-state index in [1.807, 2.05) is 32.2 Å². The van der Waals surface area contributed by atoms with Crippen molar-refractivity contribution in [3.63, 3.8) is 0 Å². The Morgan fingerprint density at radius 3 is 2.67 bits per heavy atom. The second-order valence-corrected chi connectivity index (χ2v) is 13.1. The Labute approximate surface area is 214 Å². The van der Waals surface area contributed by atoms with Crippen LogP contribution in [0, 0.1) is 4.78 Å². The molecule has 2 fully saturated rings. The van der Waals surface area contributed by atoms with E-state index >= 15 is 0 Å². The summed E-state index contributed by atoms with van der Waals surface area (Å²) in [4.78, 5) is 6.18. The summed E-state index contributed by atoms with van der Waals surface area (Å²) in [6.45, 7) is 3.80. The van der Waals surface area contributed by atoms with Crippen molar-refractivity contribution < 1.29 is 18.5 Å². The molecule has 2 aromatic heterocycles. The summed E-state index contributed by atoms with van der Waals surface area (Å²) in [6, 6.07) is 6.00. The van der Waals surface area contributed by atoms with Crippen molar-refractivity contribution in [1.29, 1.82) is 4.78 Å². The summed E-state index contributed by atoms with van der Waals surface area (Å²) in [7, 11) is -2.96. The average Bonchev–Trinajstić information content (AvgIpc) is 3.38. The highest BCUT2D eigenvalue weighted by Crippen LogP contribution is 2.43. The molecular formula is C24H32N6O4S2. The second kappa shape index (κ2) is 10.5. The molecule has 0 amide bonds. The number of thiazole rings is 1. The number of benzene rings is 1. The van der Waals surface area contributed by atoms with E-state index < -0.39 is 16.1 Å². The monoisotopic (exact) mass is 532 g/mol. The third kappa shape index (κ3) is 5.78. The van der Waals surface area contributed by atoms with Crippen molar-refractivity contribution in [2.24, 2.45) is 0 Å². The van der Waals surface area contributed by atoms with Gasteiger partial charge in [-0.15, -0.1) is 16.4 Å². The van der Waals surface area contributed by atoms with Crippen molar-refractivity contribution >= 4 is 32.8 Å². The van der Waals surface area contributed by atoms with Gasteiger partial charge in [0.25, 0.3) is 0 Å². The van der Waals surface area contributed by atoms with E-state index in [1.165, 1.54) is 6.39 Å². The Bertz CT molecular complexity index is 1270. The van der Waals surface area contributed by atoms with Crippen LogP contribution in [-0.2, 0) is 14.5 Å². The Morgan fingerprint density at radius 1 is 1.22 bits per heavy atom. The smallest absolute Gasteiger partial charge is 0.319 e. The number of anilines is 2. The van der Waals surface area contributed by atoms with Crippen molar-refractivity contribution in [1.82, 2.24) is 20.5 Å². The predicted octanol–water partition coefficient (Wildman–Crippen LogP) is 4.82. The van der Waals surface area contributed by atoms with E-state index in [1.54, 1.807) is 17.4 Å². The van der Waals surface area contributed by atoms with Gasteiger partial charge in [0.1, 0.15) is 0 Å². The van der Waals surface area contributed by atoms with Gasteiger partial charge in [-0.05, 0) is 64.5 Å². The Balaban J connectivity index is 1.32. The maximum Gasteiger partial charge on any atom is 0.319 e. The second-order valence-electron chi connectivity index (χ2n) is 9.69. The van der Waals surface area contributed by atoms with Crippen LogP contribution >= 0.6 is 11.3 Å². The van der Waals surface area contributed by atoms with E-state index in [0.717, 1.165) is 54.0 Å². The number of rotatable bonds is 10. The fourth-order valence-electron chi connectivity index (χ4n) is 4.59. The molecule has 2 unspecified atom stereocenters. The van der Waals surface area contributed by atoms with Crippen molar-refractivity contribution in [3.8, 4) is 10.4 Å². The van der Waals surface area contributed by atoms with E-state index in [2.05, 4.69) is 20.8 Å². The number of hydrogen-bond acceptors (Lipinski definition) is 11. The van der Waals surface area contributed by atoms with Crippen LogP contribution in [0.15, 0.2) is 40.1 Å². The SMILES string of the molecule is CC(C)OC(O)NC1CCC(c2ncc(-c3ccc(Nc4nnco4)cc3S(=N)(=O)C3CC3)s2)CC1. The van der Waals surface area contributed by atoms with Crippen LogP contribution in [0.25, 0.3) is 10.4 Å². The first-order valence-corrected chi connectivity index (χ1v) is 14.7. The quantitative estimate of drug-likeness (QED) is 0.270. The molecule has 4 N–H and O–H groups in total. The molecule has 0 saturated heterocycles. The molecule has 194 valence electrons. The summed E-state index contributed by atoms with van der Waals surface area (Å²) < 4.78 is 32.8. The zero-order valence-electron chi connectivity index (χ0n) is 20.3. The fourth-order valence-corrected chi connectivity index (χ4v) is 7.75. The Kier molecular flexibility index (Phi) is 7.40. The summed E-state index contributed by atoms with van der Waals surface area (Å²) in [6.07, 6.45) is 7.52. The van der Waals surface area contributed by atoms with Gasteiger partial charge >= 0.3 is 6.01 Å². The molecular weight excluding hydrogens is 500 g/mol. The lowest BCUT2D eigenvalue weighted by Gasteiger charge is -2.30. The third-order valence-corrected chi connectivity index (χ3v) is 10.2. The maximum atomic E-state index is 13.5. The molecule has 2 heterocycles. The molecule has 36 heavy (non-hydrogen) atoms. The van der Waals surface area contributed by atoms with Gasteiger partial charge in [-0.25, -0.2) is 14.0 Å². The number of aliphatic hydroxyl groups excluding tert-OH is 1. The van der Waals surface area contributed by atoms with Gasteiger partial charge in [0.2, 0.25) is 12.8 Å². The first-order valence-electron chi connectivity index (χ1n) is 12.3. The summed E-state index contributed by atoms with van der Waals surface area (Å²) in [5.74, 6) is 0.343. The molecule has 0 radical (unpaired) electrons. The minimum Gasteiger partial charge on any atom is -0.411 e. The number of aromatic nitrogens is 3. The van der Waals surface area contributed by atoms with E-state index in [-0.39, 0.29) is 23.4 Å². The number of nitrogens with one attached hydrogen (secondary N) is 3. The number of ether oxygens (including phenoxy) is 1. The molecule has 1 aromatic carbocycles. The molecule has 0 spiro atoms. The standard InChI is InChI=1S/C24H32N6O4S2/c1-14(2)34-24(31)29-16-5-3-15(4-6-16)22-26-12-20(35-22)19-10-7-17(28-23-30-27-13-33-23)11-21(19)36(25,32)18-8-9-18/h7,10-16,18,24-25,29,31H,3-6,8-9H2,1-2H3,(H,28,30). The van der Waals surface area contributed by atoms with Gasteiger partial charge in [-0.1, -0.05) is 11.2 Å². The third-order valence-electron chi connectivity index (χ3n) is 6.56. The molecule has 2 aliphatic carbocycles. The number of nitrogens with zero attached hydrogens (tertiary/aromatic N) is 3. The molecule has 2 atom stereocenters. The van der Waals surface area contributed by atoms with Crippen molar-refractivity contribution in [3.05, 3.63) is 35.8 Å². The molecule has 12 heteroatoms. The van der Waals surface area contributed by atoms with Crippen LogP contribution in [0.1, 0.15) is 63.3 Å². The minimum atomic E-state index is -2.96. The van der Waals surface area contributed by atoms with Gasteiger partial charge < -0.3 is 19.6 Å². The van der Waals surface area contributed by atoms with Crippen LogP contribution < -0.4 is 10.6 Å². The lowest BCUT2D eigenvalue weighted by atomic mass is 9.86.